The van der Waals surface area contributed by atoms with Crippen LogP contribution in [0, 0.1) is 0 Å². The van der Waals surface area contributed by atoms with Crippen molar-refractivity contribution in [2.45, 2.75) is 19.6 Å². The third kappa shape index (κ3) is 1.75. The first kappa shape index (κ1) is 10.5. The fraction of sp³-hybridized carbons (Fsp3) is 0.308. The van der Waals surface area contributed by atoms with Gasteiger partial charge in [-0.2, -0.15) is 0 Å². The summed E-state index contributed by atoms with van der Waals surface area (Å²) >= 11 is 0. The van der Waals surface area contributed by atoms with Gasteiger partial charge in [0, 0.05) is 30.9 Å². The summed E-state index contributed by atoms with van der Waals surface area (Å²) in [4.78, 5) is 4.50. The minimum absolute atomic E-state index is 0.0259. The van der Waals surface area contributed by atoms with E-state index in [9.17, 15) is 5.11 Å². The molecule has 17 heavy (non-hydrogen) atoms. The lowest BCUT2D eigenvalue weighted by Gasteiger charge is -2.15. The molecule has 4 heteroatoms. The van der Waals surface area contributed by atoms with Crippen molar-refractivity contribution in [3.05, 3.63) is 47.5 Å². The Kier molecular flexibility index (Phi) is 2.66. The molecule has 0 amide bonds. The van der Waals surface area contributed by atoms with Gasteiger partial charge >= 0.3 is 0 Å². The van der Waals surface area contributed by atoms with Crippen molar-refractivity contribution >= 4 is 0 Å². The average molecular weight is 229 g/mol. The first-order valence-corrected chi connectivity index (χ1v) is 5.86. The molecule has 1 aliphatic heterocycles. The minimum Gasteiger partial charge on any atom is -0.388 e. The normalized spacial score (nSPS) is 14.6. The van der Waals surface area contributed by atoms with E-state index < -0.39 is 0 Å². The van der Waals surface area contributed by atoms with Crippen LogP contribution in [0.3, 0.4) is 0 Å². The maximum absolute atomic E-state index is 9.43. The summed E-state index contributed by atoms with van der Waals surface area (Å²) in [6.07, 6.45) is 0.956. The molecule has 0 fully saturated rings. The molecule has 0 spiro atoms. The summed E-state index contributed by atoms with van der Waals surface area (Å²) in [6.45, 7) is 1.74. The van der Waals surface area contributed by atoms with Gasteiger partial charge in [-0.1, -0.05) is 18.2 Å². The number of imidazole rings is 1. The maximum Gasteiger partial charge on any atom is 0.139 e. The second-order valence-corrected chi connectivity index (χ2v) is 4.18. The van der Waals surface area contributed by atoms with Crippen LogP contribution in [0.25, 0.3) is 5.69 Å². The summed E-state index contributed by atoms with van der Waals surface area (Å²) in [5.41, 5.74) is 3.36. The number of hydrogen-bond donors (Lipinski definition) is 2. The van der Waals surface area contributed by atoms with Crippen LogP contribution in [-0.4, -0.2) is 21.2 Å². The topological polar surface area (TPSA) is 50.1 Å². The Morgan fingerprint density at radius 2 is 2.12 bits per heavy atom. The summed E-state index contributed by atoms with van der Waals surface area (Å²) in [7, 11) is 0. The molecule has 0 unspecified atom stereocenters. The highest BCUT2D eigenvalue weighted by Crippen LogP contribution is 2.21. The van der Waals surface area contributed by atoms with E-state index in [1.165, 1.54) is 5.69 Å². The van der Waals surface area contributed by atoms with Gasteiger partial charge in [-0.25, -0.2) is 4.98 Å². The van der Waals surface area contributed by atoms with Crippen molar-refractivity contribution in [1.29, 1.82) is 0 Å². The van der Waals surface area contributed by atoms with E-state index >= 15 is 0 Å². The Hall–Kier alpha value is -1.65. The third-order valence-electron chi connectivity index (χ3n) is 3.11. The highest BCUT2D eigenvalue weighted by Gasteiger charge is 2.19. The molecule has 1 aromatic heterocycles. The zero-order valence-electron chi connectivity index (χ0n) is 9.56. The Balaban J connectivity index is 2.17. The van der Waals surface area contributed by atoms with Gasteiger partial charge in [0.15, 0.2) is 0 Å². The lowest BCUT2D eigenvalue weighted by atomic mass is 10.1. The molecule has 0 atom stereocenters. The van der Waals surface area contributed by atoms with Gasteiger partial charge in [-0.3, -0.25) is 4.57 Å². The molecule has 3 rings (SSSR count). The number of para-hydroxylation sites is 1. The van der Waals surface area contributed by atoms with Crippen LogP contribution in [0.5, 0.6) is 0 Å². The zero-order valence-corrected chi connectivity index (χ0v) is 9.56. The van der Waals surface area contributed by atoms with Crippen molar-refractivity contribution in [3.8, 4) is 5.69 Å². The van der Waals surface area contributed by atoms with Crippen LogP contribution in [0.15, 0.2) is 30.3 Å². The van der Waals surface area contributed by atoms with Gasteiger partial charge in [-0.05, 0) is 12.1 Å². The number of fused-ring (bicyclic) bond motifs is 1. The highest BCUT2D eigenvalue weighted by atomic mass is 16.3. The smallest absolute Gasteiger partial charge is 0.139 e. The molecule has 2 N–H and O–H groups in total. The predicted octanol–water partition coefficient (Wildman–Crippen LogP) is 1.01. The lowest BCUT2D eigenvalue weighted by Crippen LogP contribution is -2.24. The number of nitrogens with zero attached hydrogens (tertiary/aromatic N) is 2. The van der Waals surface area contributed by atoms with Gasteiger partial charge in [0.25, 0.3) is 0 Å². The van der Waals surface area contributed by atoms with Gasteiger partial charge in [0.1, 0.15) is 12.4 Å². The molecule has 0 saturated carbocycles. The Morgan fingerprint density at radius 1 is 1.29 bits per heavy atom. The molecule has 2 aromatic rings. The van der Waals surface area contributed by atoms with Gasteiger partial charge < -0.3 is 10.4 Å². The van der Waals surface area contributed by atoms with Crippen molar-refractivity contribution in [1.82, 2.24) is 14.9 Å². The molecule has 0 aliphatic carbocycles. The first-order valence-electron chi connectivity index (χ1n) is 5.86. The van der Waals surface area contributed by atoms with Gasteiger partial charge in [-0.15, -0.1) is 0 Å². The number of aliphatic hydroxyl groups excluding tert-OH is 1. The summed E-state index contributed by atoms with van der Waals surface area (Å²) in [6, 6.07) is 10.1. The molecule has 88 valence electrons. The van der Waals surface area contributed by atoms with Crippen molar-refractivity contribution < 1.29 is 5.11 Å². The van der Waals surface area contributed by atoms with Crippen molar-refractivity contribution in [2.75, 3.05) is 6.54 Å². The summed E-state index contributed by atoms with van der Waals surface area (Å²) < 4.78 is 2.08. The molecule has 0 bridgehead atoms. The number of rotatable bonds is 2. The monoisotopic (exact) mass is 229 g/mol. The van der Waals surface area contributed by atoms with Crippen LogP contribution in [0.2, 0.25) is 0 Å². The van der Waals surface area contributed by atoms with Crippen molar-refractivity contribution in [3.63, 3.8) is 0 Å². The van der Waals surface area contributed by atoms with E-state index in [0.717, 1.165) is 36.7 Å². The van der Waals surface area contributed by atoms with Crippen LogP contribution in [0.4, 0.5) is 0 Å². The number of hydrogen-bond acceptors (Lipinski definition) is 3. The third-order valence-corrected chi connectivity index (χ3v) is 3.11. The predicted molar refractivity (Wildman–Crippen MR) is 64.9 cm³/mol. The quantitative estimate of drug-likeness (QED) is 0.808. The Bertz CT molecular complexity index is 519. The van der Waals surface area contributed by atoms with Gasteiger partial charge in [0.05, 0.1) is 5.69 Å². The van der Waals surface area contributed by atoms with Crippen molar-refractivity contribution in [2.24, 2.45) is 0 Å². The number of aromatic nitrogens is 2. The van der Waals surface area contributed by atoms with Crippen LogP contribution >= 0.6 is 0 Å². The summed E-state index contributed by atoms with van der Waals surface area (Å²) in [5, 5.41) is 12.7. The van der Waals surface area contributed by atoms with Gasteiger partial charge in [0.2, 0.25) is 0 Å². The van der Waals surface area contributed by atoms with Crippen LogP contribution in [-0.2, 0) is 19.6 Å². The number of nitrogens with one attached hydrogen (secondary N) is 1. The molecular weight excluding hydrogens is 214 g/mol. The average Bonchev–Trinajstić information content (AvgIpc) is 2.78. The van der Waals surface area contributed by atoms with Crippen LogP contribution < -0.4 is 5.32 Å². The molecule has 0 saturated heterocycles. The second-order valence-electron chi connectivity index (χ2n) is 4.18. The fourth-order valence-electron chi connectivity index (χ4n) is 2.35. The van der Waals surface area contributed by atoms with E-state index in [0.29, 0.717) is 0 Å². The summed E-state index contributed by atoms with van der Waals surface area (Å²) in [5.74, 6) is 0.727. The van der Waals surface area contributed by atoms with Crippen LogP contribution in [0.1, 0.15) is 17.2 Å². The largest absolute Gasteiger partial charge is 0.388 e. The molecule has 1 aliphatic rings. The highest BCUT2D eigenvalue weighted by molar-refractivity contribution is 5.38. The first-order chi connectivity index (χ1) is 8.40. The molecule has 1 aromatic carbocycles. The van der Waals surface area contributed by atoms with E-state index in [1.54, 1.807) is 0 Å². The molecule has 4 nitrogen and oxygen atoms in total. The minimum atomic E-state index is -0.0259. The molecular formula is C13H15N3O. The van der Waals surface area contributed by atoms with E-state index in [2.05, 4.69) is 14.9 Å². The maximum atomic E-state index is 9.43. The second kappa shape index (κ2) is 4.31. The van der Waals surface area contributed by atoms with E-state index in [4.69, 9.17) is 0 Å². The molecule has 2 heterocycles. The van der Waals surface area contributed by atoms with E-state index in [1.807, 2.05) is 30.3 Å². The fourth-order valence-corrected chi connectivity index (χ4v) is 2.35. The van der Waals surface area contributed by atoms with E-state index in [-0.39, 0.29) is 6.61 Å². The standard InChI is InChI=1S/C13H15N3O/c17-9-13-15-11-8-14-7-6-12(11)16(13)10-4-2-1-3-5-10/h1-5,14,17H,6-9H2. The molecule has 0 radical (unpaired) electrons. The Labute approximate surface area is 99.9 Å². The SMILES string of the molecule is OCc1nc2c(n1-c1ccccc1)CCNC2. The lowest BCUT2D eigenvalue weighted by molar-refractivity contribution is 0.269. The number of benzene rings is 1. The Morgan fingerprint density at radius 3 is 2.88 bits per heavy atom. The number of aliphatic hydroxyl groups is 1. The zero-order chi connectivity index (χ0) is 11.7.